The summed E-state index contributed by atoms with van der Waals surface area (Å²) in [5.74, 6) is -0.543. The van der Waals surface area contributed by atoms with Crippen LogP contribution in [0.4, 0.5) is 0 Å². The Balaban J connectivity index is 2.74. The molecular formula is C15H16O3. The number of aromatic hydroxyl groups is 3. The third kappa shape index (κ3) is 1.88. The van der Waals surface area contributed by atoms with Crippen LogP contribution in [0.25, 0.3) is 11.1 Å². The molecule has 0 saturated carbocycles. The van der Waals surface area contributed by atoms with Crippen LogP contribution >= 0.6 is 0 Å². The summed E-state index contributed by atoms with van der Waals surface area (Å²) in [6.45, 7) is 5.69. The van der Waals surface area contributed by atoms with E-state index in [4.69, 9.17) is 0 Å². The van der Waals surface area contributed by atoms with Crippen LogP contribution in [0, 0.1) is 20.8 Å². The van der Waals surface area contributed by atoms with Crippen molar-refractivity contribution >= 4 is 0 Å². The third-order valence-electron chi connectivity index (χ3n) is 3.31. The van der Waals surface area contributed by atoms with E-state index in [1.165, 1.54) is 0 Å². The Hall–Kier alpha value is -2.16. The summed E-state index contributed by atoms with van der Waals surface area (Å²) in [4.78, 5) is 0. The molecular weight excluding hydrogens is 228 g/mol. The zero-order valence-corrected chi connectivity index (χ0v) is 10.7. The van der Waals surface area contributed by atoms with Gasteiger partial charge in [-0.15, -0.1) is 0 Å². The van der Waals surface area contributed by atoms with Crippen molar-refractivity contribution in [1.29, 1.82) is 0 Å². The minimum Gasteiger partial charge on any atom is -0.508 e. The van der Waals surface area contributed by atoms with E-state index >= 15 is 0 Å². The number of phenolic OH excluding ortho intramolecular Hbond substituents is 3. The van der Waals surface area contributed by atoms with Crippen molar-refractivity contribution in [3.63, 3.8) is 0 Å². The highest BCUT2D eigenvalue weighted by Gasteiger charge is 2.16. The minimum absolute atomic E-state index is 0.0291. The van der Waals surface area contributed by atoms with Gasteiger partial charge >= 0.3 is 0 Å². The SMILES string of the molecule is Cc1ccc(-c2c(C)c(O)cc(O)c2O)cc1C. The lowest BCUT2D eigenvalue weighted by atomic mass is 9.95. The monoisotopic (exact) mass is 244 g/mol. The van der Waals surface area contributed by atoms with Crippen molar-refractivity contribution in [3.05, 3.63) is 41.0 Å². The highest BCUT2D eigenvalue weighted by molar-refractivity contribution is 5.79. The van der Waals surface area contributed by atoms with Crippen LogP contribution in [-0.2, 0) is 0 Å². The molecule has 2 aromatic carbocycles. The number of benzene rings is 2. The van der Waals surface area contributed by atoms with Crippen molar-refractivity contribution in [1.82, 2.24) is 0 Å². The predicted molar refractivity (Wildman–Crippen MR) is 71.1 cm³/mol. The second-order valence-corrected chi connectivity index (χ2v) is 4.56. The van der Waals surface area contributed by atoms with Gasteiger partial charge in [-0.3, -0.25) is 0 Å². The zero-order valence-electron chi connectivity index (χ0n) is 10.7. The van der Waals surface area contributed by atoms with Gasteiger partial charge in [-0.1, -0.05) is 18.2 Å². The normalized spacial score (nSPS) is 10.6. The Labute approximate surface area is 106 Å². The van der Waals surface area contributed by atoms with Crippen molar-refractivity contribution in [3.8, 4) is 28.4 Å². The van der Waals surface area contributed by atoms with E-state index in [9.17, 15) is 15.3 Å². The van der Waals surface area contributed by atoms with Gasteiger partial charge in [0.05, 0.1) is 0 Å². The molecule has 0 spiro atoms. The van der Waals surface area contributed by atoms with Gasteiger partial charge in [0, 0.05) is 17.2 Å². The van der Waals surface area contributed by atoms with Gasteiger partial charge in [-0.2, -0.15) is 0 Å². The molecule has 3 heteroatoms. The molecule has 0 unspecified atom stereocenters. The van der Waals surface area contributed by atoms with Crippen LogP contribution in [0.3, 0.4) is 0 Å². The van der Waals surface area contributed by atoms with Gasteiger partial charge in [0.1, 0.15) is 5.75 Å². The van der Waals surface area contributed by atoms with Gasteiger partial charge < -0.3 is 15.3 Å². The van der Waals surface area contributed by atoms with Gasteiger partial charge in [-0.25, -0.2) is 0 Å². The number of hydrogen-bond donors (Lipinski definition) is 3. The fourth-order valence-electron chi connectivity index (χ4n) is 1.99. The Morgan fingerprint density at radius 2 is 1.44 bits per heavy atom. The molecule has 0 atom stereocenters. The molecule has 18 heavy (non-hydrogen) atoms. The van der Waals surface area contributed by atoms with E-state index in [0.29, 0.717) is 11.1 Å². The van der Waals surface area contributed by atoms with E-state index in [-0.39, 0.29) is 17.2 Å². The third-order valence-corrected chi connectivity index (χ3v) is 3.31. The summed E-state index contributed by atoms with van der Waals surface area (Å²) in [6, 6.07) is 6.89. The maximum atomic E-state index is 9.96. The van der Waals surface area contributed by atoms with E-state index in [1.807, 2.05) is 32.0 Å². The first-order valence-corrected chi connectivity index (χ1v) is 5.74. The molecule has 2 aromatic rings. The first-order chi connectivity index (χ1) is 8.41. The molecule has 0 aromatic heterocycles. The van der Waals surface area contributed by atoms with Crippen LogP contribution in [0.15, 0.2) is 24.3 Å². The molecule has 2 rings (SSSR count). The van der Waals surface area contributed by atoms with Crippen molar-refractivity contribution < 1.29 is 15.3 Å². The Morgan fingerprint density at radius 1 is 0.778 bits per heavy atom. The molecule has 0 heterocycles. The Bertz CT molecular complexity index is 589. The standard InChI is InChI=1S/C15H16O3/c1-8-4-5-11(6-9(8)2)14-10(3)12(16)7-13(17)15(14)18/h4-7,16-18H,1-3H3. The Kier molecular flexibility index (Phi) is 2.91. The highest BCUT2D eigenvalue weighted by Crippen LogP contribution is 2.43. The second-order valence-electron chi connectivity index (χ2n) is 4.56. The first kappa shape index (κ1) is 12.3. The average Bonchev–Trinajstić information content (AvgIpc) is 2.31. The minimum atomic E-state index is -0.314. The van der Waals surface area contributed by atoms with Crippen LogP contribution < -0.4 is 0 Å². The van der Waals surface area contributed by atoms with Gasteiger partial charge in [0.15, 0.2) is 11.5 Å². The van der Waals surface area contributed by atoms with Crippen LogP contribution in [0.2, 0.25) is 0 Å². The van der Waals surface area contributed by atoms with Crippen LogP contribution in [0.1, 0.15) is 16.7 Å². The largest absolute Gasteiger partial charge is 0.508 e. The second kappa shape index (κ2) is 4.26. The van der Waals surface area contributed by atoms with Crippen molar-refractivity contribution in [2.45, 2.75) is 20.8 Å². The molecule has 0 amide bonds. The van der Waals surface area contributed by atoms with Crippen molar-refractivity contribution in [2.75, 3.05) is 0 Å². The fourth-order valence-corrected chi connectivity index (χ4v) is 1.99. The number of hydrogen-bond acceptors (Lipinski definition) is 3. The lowest BCUT2D eigenvalue weighted by molar-refractivity contribution is 0.397. The van der Waals surface area contributed by atoms with Gasteiger partial charge in [-0.05, 0) is 37.5 Å². The van der Waals surface area contributed by atoms with Crippen molar-refractivity contribution in [2.24, 2.45) is 0 Å². The summed E-state index contributed by atoms with van der Waals surface area (Å²) in [6.07, 6.45) is 0. The van der Waals surface area contributed by atoms with E-state index in [1.54, 1.807) is 6.92 Å². The summed E-state index contributed by atoms with van der Waals surface area (Å²) < 4.78 is 0. The maximum Gasteiger partial charge on any atom is 0.165 e. The smallest absolute Gasteiger partial charge is 0.165 e. The highest BCUT2D eigenvalue weighted by atomic mass is 16.3. The van der Waals surface area contributed by atoms with Crippen LogP contribution in [0.5, 0.6) is 17.2 Å². The number of rotatable bonds is 1. The molecule has 0 aliphatic heterocycles. The predicted octanol–water partition coefficient (Wildman–Crippen LogP) is 3.40. The van der Waals surface area contributed by atoms with Gasteiger partial charge in [0.25, 0.3) is 0 Å². The fraction of sp³-hybridized carbons (Fsp3) is 0.200. The molecule has 0 bridgehead atoms. The summed E-state index contributed by atoms with van der Waals surface area (Å²) in [5, 5.41) is 29.3. The summed E-state index contributed by atoms with van der Waals surface area (Å²) in [5.41, 5.74) is 4.04. The lowest BCUT2D eigenvalue weighted by Gasteiger charge is -2.13. The van der Waals surface area contributed by atoms with Crippen LogP contribution in [-0.4, -0.2) is 15.3 Å². The van der Waals surface area contributed by atoms with E-state index < -0.39 is 0 Å². The first-order valence-electron chi connectivity index (χ1n) is 5.74. The van der Waals surface area contributed by atoms with E-state index in [2.05, 4.69) is 0 Å². The molecule has 3 nitrogen and oxygen atoms in total. The number of aryl methyl sites for hydroxylation is 2. The molecule has 94 valence electrons. The molecule has 0 fully saturated rings. The Morgan fingerprint density at radius 3 is 2.06 bits per heavy atom. The van der Waals surface area contributed by atoms with Gasteiger partial charge in [0.2, 0.25) is 0 Å². The summed E-state index contributed by atoms with van der Waals surface area (Å²) >= 11 is 0. The topological polar surface area (TPSA) is 60.7 Å². The number of phenols is 3. The van der Waals surface area contributed by atoms with E-state index in [0.717, 1.165) is 22.8 Å². The molecule has 0 radical (unpaired) electrons. The molecule has 0 saturated heterocycles. The summed E-state index contributed by atoms with van der Waals surface area (Å²) in [7, 11) is 0. The molecule has 3 N–H and O–H groups in total. The average molecular weight is 244 g/mol. The quantitative estimate of drug-likeness (QED) is 0.532. The lowest BCUT2D eigenvalue weighted by Crippen LogP contribution is -1.89. The maximum absolute atomic E-state index is 9.96. The zero-order chi connectivity index (χ0) is 13.4. The molecule has 0 aliphatic carbocycles. The molecule has 0 aliphatic rings.